The van der Waals surface area contributed by atoms with Crippen LogP contribution in [0.4, 0.5) is 0 Å². The number of alkyl halides is 1. The zero-order valence-corrected chi connectivity index (χ0v) is 12.5. The first-order valence-corrected chi connectivity index (χ1v) is 9.07. The second kappa shape index (κ2) is 4.94. The normalized spacial score (nSPS) is 13.8. The molecule has 0 aliphatic carbocycles. The molecule has 0 amide bonds. The fourth-order valence-electron chi connectivity index (χ4n) is 1.15. The lowest BCUT2D eigenvalue weighted by molar-refractivity contribution is 0.469. The molecule has 0 saturated heterocycles. The molecule has 1 nitrogen and oxygen atoms in total. The van der Waals surface area contributed by atoms with Crippen LogP contribution in [0.1, 0.15) is 27.2 Å². The number of hydrogen-bond acceptors (Lipinski definition) is 1. The van der Waals surface area contributed by atoms with Crippen LogP contribution in [-0.2, 0) is 0 Å². The summed E-state index contributed by atoms with van der Waals surface area (Å²) in [5.41, 5.74) is 0. The van der Waals surface area contributed by atoms with Crippen LogP contribution in [-0.4, -0.2) is 31.7 Å². The lowest BCUT2D eigenvalue weighted by Gasteiger charge is -2.44. The minimum absolute atomic E-state index is 0.466. The third kappa shape index (κ3) is 3.72. The average molecular weight is 266 g/mol. The van der Waals surface area contributed by atoms with Crippen LogP contribution >= 0.6 is 15.9 Å². The number of halogens is 1. The predicted octanol–water partition coefficient (Wildman–Crippen LogP) is 3.71. The van der Waals surface area contributed by atoms with Gasteiger partial charge >= 0.3 is 0 Å². The third-order valence-corrected chi connectivity index (χ3v) is 9.78. The minimum Gasteiger partial charge on any atom is -0.326 e. The topological polar surface area (TPSA) is 3.24 Å². The zero-order chi connectivity index (χ0) is 10.7. The van der Waals surface area contributed by atoms with Gasteiger partial charge in [0, 0.05) is 5.33 Å². The van der Waals surface area contributed by atoms with Gasteiger partial charge in [-0.05, 0) is 25.1 Å². The summed E-state index contributed by atoms with van der Waals surface area (Å²) in [5.74, 6) is 0. The lowest BCUT2D eigenvalue weighted by Crippen LogP contribution is -2.53. The summed E-state index contributed by atoms with van der Waals surface area (Å²) in [6.07, 6.45) is 1.25. The van der Waals surface area contributed by atoms with Crippen LogP contribution in [0.5, 0.6) is 0 Å². The highest BCUT2D eigenvalue weighted by Crippen LogP contribution is 2.37. The molecule has 0 unspecified atom stereocenters. The maximum Gasteiger partial charge on any atom is 0.127 e. The standard InChI is InChI=1S/C10H24BrNSi/c1-10(2,3)13(5,6)12(4)9-7-8-11/h7-9H2,1-6H3. The number of rotatable bonds is 4. The van der Waals surface area contributed by atoms with Crippen molar-refractivity contribution in [3.05, 3.63) is 0 Å². The molecule has 0 aromatic rings. The van der Waals surface area contributed by atoms with Crippen LogP contribution in [0.2, 0.25) is 18.1 Å². The highest BCUT2D eigenvalue weighted by atomic mass is 79.9. The van der Waals surface area contributed by atoms with E-state index < -0.39 is 8.24 Å². The van der Waals surface area contributed by atoms with Gasteiger partial charge in [-0.1, -0.05) is 49.8 Å². The summed E-state index contributed by atoms with van der Waals surface area (Å²) in [4.78, 5) is 0. The molecule has 0 aromatic carbocycles. The maximum atomic E-state index is 3.48. The Morgan fingerprint density at radius 3 is 2.00 bits per heavy atom. The van der Waals surface area contributed by atoms with Gasteiger partial charge in [-0.25, -0.2) is 0 Å². The van der Waals surface area contributed by atoms with Gasteiger partial charge in [0.05, 0.1) is 0 Å². The van der Waals surface area contributed by atoms with Crippen LogP contribution in [0.25, 0.3) is 0 Å². The zero-order valence-electron chi connectivity index (χ0n) is 9.95. The average Bonchev–Trinajstić information content (AvgIpc) is 1.97. The largest absolute Gasteiger partial charge is 0.326 e. The fraction of sp³-hybridized carbons (Fsp3) is 1.00. The summed E-state index contributed by atoms with van der Waals surface area (Å²) in [6, 6.07) is 0. The molecule has 0 saturated carbocycles. The molecule has 0 atom stereocenters. The van der Waals surface area contributed by atoms with Gasteiger partial charge < -0.3 is 4.57 Å². The minimum atomic E-state index is -1.23. The molecule has 0 N–H and O–H groups in total. The van der Waals surface area contributed by atoms with Crippen LogP contribution < -0.4 is 0 Å². The van der Waals surface area contributed by atoms with E-state index in [1.165, 1.54) is 13.0 Å². The highest BCUT2D eigenvalue weighted by molar-refractivity contribution is 9.09. The van der Waals surface area contributed by atoms with Crippen molar-refractivity contribution in [3.63, 3.8) is 0 Å². The van der Waals surface area contributed by atoms with Crippen molar-refractivity contribution in [2.75, 3.05) is 18.9 Å². The highest BCUT2D eigenvalue weighted by Gasteiger charge is 2.38. The Labute approximate surface area is 93.1 Å². The van der Waals surface area contributed by atoms with Crippen molar-refractivity contribution in [1.82, 2.24) is 4.57 Å². The van der Waals surface area contributed by atoms with Gasteiger partial charge in [0.2, 0.25) is 0 Å². The summed E-state index contributed by atoms with van der Waals surface area (Å²) in [7, 11) is 1.04. The van der Waals surface area contributed by atoms with E-state index in [0.29, 0.717) is 5.04 Å². The first-order valence-electron chi connectivity index (χ1n) is 5.00. The Hall–Kier alpha value is 0.657. The molecule has 0 aliphatic rings. The second-order valence-corrected chi connectivity index (χ2v) is 11.4. The summed E-state index contributed by atoms with van der Waals surface area (Å²) in [5, 5.41) is 1.58. The molecule has 0 aliphatic heterocycles. The molecule has 0 radical (unpaired) electrons. The Kier molecular flexibility index (Phi) is 5.19. The van der Waals surface area contributed by atoms with Crippen LogP contribution in [0.3, 0.4) is 0 Å². The van der Waals surface area contributed by atoms with Gasteiger partial charge in [0.1, 0.15) is 8.24 Å². The molecule has 0 bridgehead atoms. The quantitative estimate of drug-likeness (QED) is 0.554. The Balaban J connectivity index is 4.27. The van der Waals surface area contributed by atoms with E-state index in [0.717, 1.165) is 5.33 Å². The number of hydrogen-bond donors (Lipinski definition) is 0. The van der Waals surface area contributed by atoms with E-state index in [1.807, 2.05) is 0 Å². The summed E-state index contributed by atoms with van der Waals surface area (Å²) in [6.45, 7) is 13.2. The van der Waals surface area contributed by atoms with E-state index >= 15 is 0 Å². The van der Waals surface area contributed by atoms with Crippen molar-refractivity contribution >= 4 is 24.2 Å². The van der Waals surface area contributed by atoms with Crippen molar-refractivity contribution < 1.29 is 0 Å². The SMILES string of the molecule is CN(CCCBr)[Si](C)(C)C(C)(C)C. The van der Waals surface area contributed by atoms with E-state index in [2.05, 4.69) is 61.4 Å². The van der Waals surface area contributed by atoms with Gasteiger partial charge in [0.25, 0.3) is 0 Å². The molecular weight excluding hydrogens is 242 g/mol. The van der Waals surface area contributed by atoms with E-state index in [4.69, 9.17) is 0 Å². The van der Waals surface area contributed by atoms with Gasteiger partial charge in [-0.2, -0.15) is 0 Å². The molecule has 80 valence electrons. The predicted molar refractivity (Wildman–Crippen MR) is 68.2 cm³/mol. The summed E-state index contributed by atoms with van der Waals surface area (Å²) < 4.78 is 2.59. The molecule has 0 aromatic heterocycles. The van der Waals surface area contributed by atoms with Crippen molar-refractivity contribution in [1.29, 1.82) is 0 Å². The van der Waals surface area contributed by atoms with Crippen LogP contribution in [0, 0.1) is 0 Å². The third-order valence-electron chi connectivity index (χ3n) is 3.42. The molecule has 0 heterocycles. The van der Waals surface area contributed by atoms with Gasteiger partial charge in [0.15, 0.2) is 0 Å². The Bertz CT molecular complexity index is 151. The first kappa shape index (κ1) is 13.7. The van der Waals surface area contributed by atoms with Gasteiger partial charge in [-0.3, -0.25) is 0 Å². The fourth-order valence-corrected chi connectivity index (χ4v) is 3.26. The van der Waals surface area contributed by atoms with Crippen molar-refractivity contribution in [2.45, 2.75) is 45.3 Å². The van der Waals surface area contributed by atoms with Crippen molar-refractivity contribution in [2.24, 2.45) is 0 Å². The lowest BCUT2D eigenvalue weighted by atomic mass is 10.2. The molecule has 3 heteroatoms. The Morgan fingerprint density at radius 1 is 1.23 bits per heavy atom. The molecule has 0 fully saturated rings. The maximum absolute atomic E-state index is 3.48. The van der Waals surface area contributed by atoms with E-state index in [-0.39, 0.29) is 0 Å². The van der Waals surface area contributed by atoms with Gasteiger partial charge in [-0.15, -0.1) is 0 Å². The summed E-state index contributed by atoms with van der Waals surface area (Å²) >= 11 is 3.48. The first-order chi connectivity index (χ1) is 5.73. The molecular formula is C10H24BrNSi. The second-order valence-electron chi connectivity index (χ2n) is 5.27. The van der Waals surface area contributed by atoms with Crippen molar-refractivity contribution in [3.8, 4) is 0 Å². The van der Waals surface area contributed by atoms with Crippen LogP contribution in [0.15, 0.2) is 0 Å². The smallest absolute Gasteiger partial charge is 0.127 e. The molecule has 0 spiro atoms. The monoisotopic (exact) mass is 265 g/mol. The van der Waals surface area contributed by atoms with E-state index in [1.54, 1.807) is 0 Å². The Morgan fingerprint density at radius 2 is 1.69 bits per heavy atom. The van der Waals surface area contributed by atoms with E-state index in [9.17, 15) is 0 Å². The molecule has 13 heavy (non-hydrogen) atoms. The molecule has 0 rings (SSSR count). The number of nitrogens with zero attached hydrogens (tertiary/aromatic N) is 1.